The highest BCUT2D eigenvalue weighted by Crippen LogP contribution is 2.19. The average molecular weight is 588 g/mol. The van der Waals surface area contributed by atoms with Gasteiger partial charge in [-0.25, -0.2) is 9.59 Å². The number of nitrogens with one attached hydrogen (secondary N) is 5. The van der Waals surface area contributed by atoms with E-state index < -0.39 is 30.0 Å². The predicted molar refractivity (Wildman–Crippen MR) is 163 cm³/mol. The van der Waals surface area contributed by atoms with Crippen molar-refractivity contribution in [3.63, 3.8) is 0 Å². The van der Waals surface area contributed by atoms with Crippen LogP contribution in [-0.2, 0) is 23.9 Å². The Balaban J connectivity index is 2.83. The zero-order valence-corrected chi connectivity index (χ0v) is 25.9. The number of hydrogen-bond donors (Lipinski definition) is 5. The molecule has 0 saturated carbocycles. The lowest BCUT2D eigenvalue weighted by Gasteiger charge is -2.22. The van der Waals surface area contributed by atoms with E-state index in [2.05, 4.69) is 50.9 Å². The molecule has 0 spiro atoms. The Morgan fingerprint density at radius 3 is 2.43 bits per heavy atom. The smallest absolute Gasteiger partial charge is 0.328 e. The molecule has 1 unspecified atom stereocenters. The highest BCUT2D eigenvalue weighted by molar-refractivity contribution is 5.91. The Bertz CT molecular complexity index is 1050. The lowest BCUT2D eigenvalue weighted by molar-refractivity contribution is -0.144. The highest BCUT2D eigenvalue weighted by Gasteiger charge is 2.26. The fourth-order valence-corrected chi connectivity index (χ4v) is 4.24. The van der Waals surface area contributed by atoms with Gasteiger partial charge in [0.1, 0.15) is 12.1 Å². The first kappa shape index (κ1) is 36.1. The Kier molecular flexibility index (Phi) is 17.3. The molecule has 42 heavy (non-hydrogen) atoms. The summed E-state index contributed by atoms with van der Waals surface area (Å²) in [6, 6.07) is -2.35. The minimum atomic E-state index is -0.861. The topological polar surface area (TPSA) is 155 Å². The van der Waals surface area contributed by atoms with Crippen molar-refractivity contribution in [3.05, 3.63) is 47.6 Å². The molecule has 0 heterocycles. The first-order valence-electron chi connectivity index (χ1n) is 14.7. The molecule has 1 rings (SSSR count). The number of carbonyl (C=O) groups is 5. The molecule has 11 heteroatoms. The molecule has 0 saturated heterocycles. The Hall–Kier alpha value is -3.89. The first-order valence-corrected chi connectivity index (χ1v) is 14.7. The number of hydrogen-bond acceptors (Lipinski definition) is 6. The molecule has 234 valence electrons. The van der Waals surface area contributed by atoms with Crippen LogP contribution in [-0.4, -0.2) is 68.5 Å². The molecule has 3 atom stereocenters. The van der Waals surface area contributed by atoms with E-state index in [1.807, 2.05) is 20.8 Å². The number of esters is 1. The van der Waals surface area contributed by atoms with Crippen LogP contribution in [0.2, 0.25) is 0 Å². The summed E-state index contributed by atoms with van der Waals surface area (Å²) in [5.74, 6) is -2.03. The Morgan fingerprint density at radius 1 is 1.05 bits per heavy atom. The van der Waals surface area contributed by atoms with Gasteiger partial charge in [-0.2, -0.15) is 0 Å². The zero-order chi connectivity index (χ0) is 31.5. The Labute approximate surface area is 250 Å². The highest BCUT2D eigenvalue weighted by atomic mass is 16.5. The van der Waals surface area contributed by atoms with Crippen LogP contribution in [0.5, 0.6) is 0 Å². The second-order valence-electron chi connectivity index (χ2n) is 10.6. The van der Waals surface area contributed by atoms with Crippen molar-refractivity contribution in [2.75, 3.05) is 26.7 Å². The summed E-state index contributed by atoms with van der Waals surface area (Å²) in [5.41, 5.74) is 2.24. The molecule has 11 nitrogen and oxygen atoms in total. The summed E-state index contributed by atoms with van der Waals surface area (Å²) in [6.07, 6.45) is 15.1. The van der Waals surface area contributed by atoms with Crippen LogP contribution in [0.3, 0.4) is 0 Å². The van der Waals surface area contributed by atoms with Crippen LogP contribution in [0, 0.1) is 11.8 Å². The van der Waals surface area contributed by atoms with Crippen molar-refractivity contribution in [2.45, 2.75) is 78.8 Å². The third kappa shape index (κ3) is 14.7. The molecule has 0 aromatic carbocycles. The number of methoxy groups -OCH3 is 1. The fraction of sp³-hybridized carbons (Fsp3) is 0.581. The molecular formula is C31H49N5O6. The van der Waals surface area contributed by atoms with Crippen LogP contribution >= 0.6 is 0 Å². The summed E-state index contributed by atoms with van der Waals surface area (Å²) >= 11 is 0. The molecule has 1 aliphatic carbocycles. The van der Waals surface area contributed by atoms with E-state index in [1.165, 1.54) is 13.2 Å². The lowest BCUT2D eigenvalue weighted by Crippen LogP contribution is -2.53. The molecule has 0 fully saturated rings. The number of ether oxygens (including phenoxy) is 1. The van der Waals surface area contributed by atoms with Gasteiger partial charge >= 0.3 is 12.0 Å². The lowest BCUT2D eigenvalue weighted by atomic mass is 9.96. The van der Waals surface area contributed by atoms with E-state index in [9.17, 15) is 24.0 Å². The van der Waals surface area contributed by atoms with Gasteiger partial charge in [0.25, 0.3) is 0 Å². The minimum absolute atomic E-state index is 0.151. The zero-order valence-electron chi connectivity index (χ0n) is 25.9. The number of allylic oxidation sites excluding steroid dienone is 6. The van der Waals surface area contributed by atoms with E-state index in [0.29, 0.717) is 25.8 Å². The summed E-state index contributed by atoms with van der Waals surface area (Å²) in [5, 5.41) is 13.3. The maximum atomic E-state index is 13.2. The second kappa shape index (κ2) is 20.1. The van der Waals surface area contributed by atoms with Gasteiger partial charge in [-0.3, -0.25) is 14.4 Å². The number of likely N-dealkylation sites (N-methyl/N-ethyl adjacent to an activating group) is 1. The van der Waals surface area contributed by atoms with E-state index >= 15 is 0 Å². The summed E-state index contributed by atoms with van der Waals surface area (Å²) in [6.45, 7) is 9.79. The maximum Gasteiger partial charge on any atom is 0.328 e. The second-order valence-corrected chi connectivity index (χ2v) is 10.6. The Morgan fingerprint density at radius 2 is 1.79 bits per heavy atom. The molecule has 5 amide bonds. The number of rotatable bonds is 17. The standard InChI is InChI=1S/C31H49N5O6/c1-7-9-14-25(35-27(38)20-34-31(41)36-28(21(3)4)30(40)42-6)29(39)33-19-24(15-16-26(37)32-8-2)18-23-13-11-10-12-22(5)17-23/h10,12-13,15-17,21,24-25,28H,7-9,11,14,18-20H2,1-6H3,(H,32,37)(H,33,39)(H,35,38)(H2,34,36,41)/b16-15+/t24-,25+,28?/m1/s1. The van der Waals surface area contributed by atoms with Crippen LogP contribution in [0.15, 0.2) is 47.6 Å². The van der Waals surface area contributed by atoms with Gasteiger partial charge < -0.3 is 31.3 Å². The van der Waals surface area contributed by atoms with E-state index in [-0.39, 0.29) is 36.7 Å². The van der Waals surface area contributed by atoms with E-state index in [1.54, 1.807) is 19.9 Å². The van der Waals surface area contributed by atoms with Crippen molar-refractivity contribution in [1.29, 1.82) is 0 Å². The number of amides is 5. The van der Waals surface area contributed by atoms with Crippen molar-refractivity contribution >= 4 is 29.7 Å². The van der Waals surface area contributed by atoms with Gasteiger partial charge in [-0.15, -0.1) is 0 Å². The molecule has 0 aromatic heterocycles. The molecule has 0 radical (unpaired) electrons. The fourth-order valence-electron chi connectivity index (χ4n) is 4.24. The number of carbonyl (C=O) groups excluding carboxylic acids is 5. The third-order valence-electron chi connectivity index (χ3n) is 6.53. The van der Waals surface area contributed by atoms with Crippen LogP contribution in [0.1, 0.15) is 66.7 Å². The first-order chi connectivity index (χ1) is 20.0. The summed E-state index contributed by atoms with van der Waals surface area (Å²) < 4.78 is 4.71. The minimum Gasteiger partial charge on any atom is -0.467 e. The van der Waals surface area contributed by atoms with Gasteiger partial charge in [0.05, 0.1) is 13.7 Å². The molecular weight excluding hydrogens is 538 g/mol. The molecule has 0 aliphatic heterocycles. The summed E-state index contributed by atoms with van der Waals surface area (Å²) in [7, 11) is 1.23. The van der Waals surface area contributed by atoms with Gasteiger partial charge in [-0.1, -0.05) is 75.1 Å². The monoisotopic (exact) mass is 587 g/mol. The third-order valence-corrected chi connectivity index (χ3v) is 6.53. The van der Waals surface area contributed by atoms with Gasteiger partial charge in [0, 0.05) is 13.1 Å². The van der Waals surface area contributed by atoms with Crippen molar-refractivity contribution < 1.29 is 28.7 Å². The predicted octanol–water partition coefficient (Wildman–Crippen LogP) is 2.81. The molecule has 5 N–H and O–H groups in total. The SMILES string of the molecule is CCCC[C@H](NC(=O)CNC(=O)NC(C(=O)OC)C(C)C)C(=O)NC[C@H](/C=C/C(=O)NCC)CC1=CCC=CC(C)=C1. The number of unbranched alkanes of at least 4 members (excludes halogenated alkanes) is 1. The molecule has 0 aromatic rings. The molecule has 1 aliphatic rings. The number of urea groups is 1. The van der Waals surface area contributed by atoms with Crippen molar-refractivity contribution in [1.82, 2.24) is 26.6 Å². The van der Waals surface area contributed by atoms with Crippen LogP contribution in [0.4, 0.5) is 4.79 Å². The van der Waals surface area contributed by atoms with Gasteiger partial charge in [0.15, 0.2) is 0 Å². The molecule has 0 bridgehead atoms. The van der Waals surface area contributed by atoms with Crippen molar-refractivity contribution in [3.8, 4) is 0 Å². The van der Waals surface area contributed by atoms with E-state index in [4.69, 9.17) is 4.74 Å². The van der Waals surface area contributed by atoms with Gasteiger partial charge in [0.2, 0.25) is 17.7 Å². The average Bonchev–Trinajstić information content (AvgIpc) is 3.16. The summed E-state index contributed by atoms with van der Waals surface area (Å²) in [4.78, 5) is 62.0. The normalized spacial score (nSPS) is 15.0. The van der Waals surface area contributed by atoms with Gasteiger partial charge in [-0.05, 0) is 51.0 Å². The van der Waals surface area contributed by atoms with Crippen LogP contribution in [0.25, 0.3) is 0 Å². The van der Waals surface area contributed by atoms with E-state index in [0.717, 1.165) is 24.0 Å². The van der Waals surface area contributed by atoms with Crippen LogP contribution < -0.4 is 26.6 Å². The van der Waals surface area contributed by atoms with Crippen molar-refractivity contribution in [2.24, 2.45) is 11.8 Å². The largest absolute Gasteiger partial charge is 0.467 e. The quantitative estimate of drug-likeness (QED) is 0.130. The maximum absolute atomic E-state index is 13.2.